The lowest BCUT2D eigenvalue weighted by Crippen LogP contribution is -2.33. The van der Waals surface area contributed by atoms with Crippen LogP contribution < -0.4 is 10.2 Å². The van der Waals surface area contributed by atoms with E-state index in [1.54, 1.807) is 24.5 Å². The largest absolute Gasteiger partial charge is 0.481 e. The van der Waals surface area contributed by atoms with Crippen LogP contribution in [0, 0.1) is 6.92 Å². The van der Waals surface area contributed by atoms with Gasteiger partial charge in [0.25, 0.3) is 5.91 Å². The molecule has 0 aliphatic carbocycles. The molecule has 0 saturated carbocycles. The zero-order valence-corrected chi connectivity index (χ0v) is 14.3. The highest BCUT2D eigenvalue weighted by Crippen LogP contribution is 2.21. The van der Waals surface area contributed by atoms with Crippen LogP contribution in [0.5, 0.6) is 5.75 Å². The molecule has 24 heavy (non-hydrogen) atoms. The van der Waals surface area contributed by atoms with E-state index in [4.69, 9.17) is 4.74 Å². The third kappa shape index (κ3) is 3.81. The zero-order valence-electron chi connectivity index (χ0n) is 13.5. The highest BCUT2D eigenvalue weighted by molar-refractivity contribution is 7.11. The third-order valence-corrected chi connectivity index (χ3v) is 4.61. The fraction of sp³-hybridized carbons (Fsp3) is 0.158. The molecule has 0 aliphatic rings. The number of fused-ring (bicyclic) bond motifs is 1. The number of hydrogen-bond donors (Lipinski definition) is 1. The molecule has 1 N–H and O–H groups in total. The Morgan fingerprint density at radius 3 is 2.75 bits per heavy atom. The zero-order chi connectivity index (χ0) is 16.9. The van der Waals surface area contributed by atoms with Gasteiger partial charge in [-0.3, -0.25) is 4.79 Å². The van der Waals surface area contributed by atoms with E-state index in [2.05, 4.69) is 10.5 Å². The van der Waals surface area contributed by atoms with Gasteiger partial charge >= 0.3 is 0 Å². The molecular formula is C19H18N2O2S. The van der Waals surface area contributed by atoms with E-state index in [0.717, 1.165) is 21.2 Å². The molecule has 1 atom stereocenters. The average molecular weight is 338 g/mol. The molecule has 0 bridgehead atoms. The summed E-state index contributed by atoms with van der Waals surface area (Å²) in [6, 6.07) is 15.8. The van der Waals surface area contributed by atoms with E-state index < -0.39 is 6.10 Å². The lowest BCUT2D eigenvalue weighted by atomic mass is 10.1. The molecule has 1 aromatic heterocycles. The van der Waals surface area contributed by atoms with Gasteiger partial charge in [0.05, 0.1) is 6.21 Å². The Morgan fingerprint density at radius 2 is 2.00 bits per heavy atom. The first-order valence-electron chi connectivity index (χ1n) is 7.66. The summed E-state index contributed by atoms with van der Waals surface area (Å²) in [7, 11) is 0. The average Bonchev–Trinajstić information content (AvgIpc) is 2.99. The molecule has 0 aliphatic heterocycles. The summed E-state index contributed by atoms with van der Waals surface area (Å²) in [4.78, 5) is 13.1. The van der Waals surface area contributed by atoms with Crippen LogP contribution in [-0.4, -0.2) is 18.2 Å². The van der Waals surface area contributed by atoms with Crippen molar-refractivity contribution in [2.24, 2.45) is 5.10 Å². The van der Waals surface area contributed by atoms with Gasteiger partial charge in [-0.2, -0.15) is 5.10 Å². The van der Waals surface area contributed by atoms with Gasteiger partial charge in [-0.15, -0.1) is 11.3 Å². The summed E-state index contributed by atoms with van der Waals surface area (Å²) in [6.45, 7) is 3.71. The van der Waals surface area contributed by atoms with Crippen LogP contribution in [0.25, 0.3) is 10.8 Å². The van der Waals surface area contributed by atoms with Crippen molar-refractivity contribution in [3.63, 3.8) is 0 Å². The van der Waals surface area contributed by atoms with E-state index in [1.807, 2.05) is 60.8 Å². The van der Waals surface area contributed by atoms with Crippen molar-refractivity contribution in [1.29, 1.82) is 0 Å². The molecule has 5 heteroatoms. The van der Waals surface area contributed by atoms with Gasteiger partial charge < -0.3 is 4.74 Å². The van der Waals surface area contributed by atoms with Gasteiger partial charge in [0.1, 0.15) is 5.75 Å². The lowest BCUT2D eigenvalue weighted by molar-refractivity contribution is -0.127. The second-order valence-corrected chi connectivity index (χ2v) is 6.42. The van der Waals surface area contributed by atoms with Gasteiger partial charge in [-0.1, -0.05) is 30.3 Å². The van der Waals surface area contributed by atoms with E-state index in [-0.39, 0.29) is 5.91 Å². The summed E-state index contributed by atoms with van der Waals surface area (Å²) in [5.74, 6) is 0.378. The van der Waals surface area contributed by atoms with Crippen molar-refractivity contribution in [1.82, 2.24) is 5.43 Å². The number of aryl methyl sites for hydroxylation is 1. The fourth-order valence-electron chi connectivity index (χ4n) is 2.26. The minimum atomic E-state index is -0.632. The van der Waals surface area contributed by atoms with Gasteiger partial charge in [0.2, 0.25) is 0 Å². The van der Waals surface area contributed by atoms with E-state index in [9.17, 15) is 4.79 Å². The van der Waals surface area contributed by atoms with E-state index in [0.29, 0.717) is 5.75 Å². The predicted octanol–water partition coefficient (Wildman–Crippen LogP) is 4.13. The molecule has 0 saturated heterocycles. The van der Waals surface area contributed by atoms with Crippen molar-refractivity contribution in [2.45, 2.75) is 20.0 Å². The number of carbonyl (C=O) groups excluding carboxylic acids is 1. The second kappa shape index (κ2) is 7.27. The summed E-state index contributed by atoms with van der Waals surface area (Å²) < 4.78 is 5.71. The molecular weight excluding hydrogens is 320 g/mol. The smallest absolute Gasteiger partial charge is 0.280 e. The number of carbonyl (C=O) groups is 1. The number of thiophene rings is 1. The monoisotopic (exact) mass is 338 g/mol. The number of hydrazone groups is 1. The van der Waals surface area contributed by atoms with Crippen molar-refractivity contribution in [3.8, 4) is 5.75 Å². The van der Waals surface area contributed by atoms with E-state index >= 15 is 0 Å². The molecule has 3 aromatic rings. The Kier molecular flexibility index (Phi) is 4.91. The molecule has 122 valence electrons. The van der Waals surface area contributed by atoms with Crippen molar-refractivity contribution in [2.75, 3.05) is 0 Å². The van der Waals surface area contributed by atoms with Crippen molar-refractivity contribution in [3.05, 3.63) is 64.4 Å². The molecule has 4 nitrogen and oxygen atoms in total. The fourth-order valence-corrected chi connectivity index (χ4v) is 3.05. The maximum absolute atomic E-state index is 12.1. The normalized spacial score (nSPS) is 12.4. The number of nitrogens with zero attached hydrogens (tertiary/aromatic N) is 1. The number of hydrogen-bond acceptors (Lipinski definition) is 4. The topological polar surface area (TPSA) is 50.7 Å². The number of amides is 1. The molecule has 3 rings (SSSR count). The highest BCUT2D eigenvalue weighted by Gasteiger charge is 2.14. The molecule has 0 fully saturated rings. The number of rotatable bonds is 5. The van der Waals surface area contributed by atoms with Crippen LogP contribution in [-0.2, 0) is 4.79 Å². The Morgan fingerprint density at radius 1 is 1.21 bits per heavy atom. The first-order valence-corrected chi connectivity index (χ1v) is 8.54. The van der Waals surface area contributed by atoms with Crippen LogP contribution >= 0.6 is 11.3 Å². The molecule has 0 radical (unpaired) electrons. The van der Waals surface area contributed by atoms with Crippen LogP contribution in [0.2, 0.25) is 0 Å². The lowest BCUT2D eigenvalue weighted by Gasteiger charge is -2.13. The van der Waals surface area contributed by atoms with Crippen molar-refractivity contribution < 1.29 is 9.53 Å². The minimum absolute atomic E-state index is 0.284. The van der Waals surface area contributed by atoms with Gasteiger partial charge in [-0.05, 0) is 53.8 Å². The molecule has 2 aromatic carbocycles. The third-order valence-electron chi connectivity index (χ3n) is 3.66. The Bertz CT molecular complexity index is 886. The van der Waals surface area contributed by atoms with Crippen LogP contribution in [0.15, 0.2) is 59.0 Å². The Balaban J connectivity index is 1.60. The Labute approximate surface area is 144 Å². The summed E-state index contributed by atoms with van der Waals surface area (Å²) in [6.07, 6.45) is 1.02. The quantitative estimate of drug-likeness (QED) is 0.562. The molecule has 0 spiro atoms. The maximum atomic E-state index is 12.1. The summed E-state index contributed by atoms with van der Waals surface area (Å²) in [5.41, 5.74) is 3.65. The van der Waals surface area contributed by atoms with Gasteiger partial charge in [0.15, 0.2) is 6.10 Å². The standard InChI is InChI=1S/C19H18N2O2S/c1-13-9-10-24-18(13)12-20-21-19(22)14(2)23-17-8-7-15-5-3-4-6-16(15)11-17/h3-12,14H,1-2H3,(H,21,22)/b20-12-/t14-/m0/s1. The van der Waals surface area contributed by atoms with E-state index in [1.165, 1.54) is 0 Å². The molecule has 0 unspecified atom stereocenters. The van der Waals surface area contributed by atoms with Crippen molar-refractivity contribution >= 4 is 34.2 Å². The number of benzene rings is 2. The first-order chi connectivity index (χ1) is 11.6. The van der Waals surface area contributed by atoms with Gasteiger partial charge in [-0.25, -0.2) is 5.43 Å². The number of nitrogens with one attached hydrogen (secondary N) is 1. The SMILES string of the molecule is Cc1ccsc1/C=N\NC(=O)[C@H](C)Oc1ccc2ccccc2c1. The Hall–Kier alpha value is -2.66. The first kappa shape index (κ1) is 16.2. The summed E-state index contributed by atoms with van der Waals surface area (Å²) in [5, 5.41) is 8.20. The predicted molar refractivity (Wildman–Crippen MR) is 98.8 cm³/mol. The second-order valence-electron chi connectivity index (χ2n) is 5.47. The van der Waals surface area contributed by atoms with Gasteiger partial charge in [0, 0.05) is 4.88 Å². The van der Waals surface area contributed by atoms with Crippen LogP contribution in [0.4, 0.5) is 0 Å². The summed E-state index contributed by atoms with van der Waals surface area (Å²) >= 11 is 1.58. The molecule has 1 amide bonds. The molecule has 1 heterocycles. The maximum Gasteiger partial charge on any atom is 0.280 e. The highest BCUT2D eigenvalue weighted by atomic mass is 32.1. The number of ether oxygens (including phenoxy) is 1. The van der Waals surface area contributed by atoms with Crippen LogP contribution in [0.1, 0.15) is 17.4 Å². The minimum Gasteiger partial charge on any atom is -0.481 e. The van der Waals surface area contributed by atoms with Crippen LogP contribution in [0.3, 0.4) is 0 Å².